The number of halogens is 2. The highest BCUT2D eigenvalue weighted by atomic mass is 79.9. The average molecular weight is 499 g/mol. The largest absolute Gasteiger partial charge is 0.508 e. The van der Waals surface area contributed by atoms with Crippen LogP contribution in [0.25, 0.3) is 5.76 Å². The Balaban J connectivity index is 1.96. The fourth-order valence-corrected chi connectivity index (χ4v) is 4.10. The van der Waals surface area contributed by atoms with Gasteiger partial charge in [-0.1, -0.05) is 45.7 Å². The molecule has 0 aromatic heterocycles. The van der Waals surface area contributed by atoms with Crippen LogP contribution < -0.4 is 4.90 Å². The zero-order chi connectivity index (χ0) is 22.3. The van der Waals surface area contributed by atoms with Gasteiger partial charge in [-0.3, -0.25) is 14.5 Å². The van der Waals surface area contributed by atoms with Crippen LogP contribution in [-0.2, 0) is 9.59 Å². The monoisotopic (exact) mass is 497 g/mol. The SMILES string of the molecule is Cc1ccc(N2C(=O)C(=O)C(=C(O)c3ccc(Cl)cc3)C2c2cccc(O)c2)cc1Br. The van der Waals surface area contributed by atoms with E-state index in [0.29, 0.717) is 21.8 Å². The second-order valence-corrected chi connectivity index (χ2v) is 8.50. The van der Waals surface area contributed by atoms with E-state index in [2.05, 4.69) is 15.9 Å². The molecule has 1 saturated heterocycles. The number of hydrogen-bond acceptors (Lipinski definition) is 4. The predicted octanol–water partition coefficient (Wildman–Crippen LogP) is 5.74. The number of amides is 1. The summed E-state index contributed by atoms with van der Waals surface area (Å²) in [5, 5.41) is 21.5. The number of hydrogen-bond donors (Lipinski definition) is 2. The number of aliphatic hydroxyl groups excluding tert-OH is 1. The summed E-state index contributed by atoms with van der Waals surface area (Å²) in [4.78, 5) is 27.5. The van der Waals surface area contributed by atoms with Crippen LogP contribution in [0.3, 0.4) is 0 Å². The minimum atomic E-state index is -0.919. The number of benzene rings is 3. The number of Topliss-reactive ketones (excluding diaryl/α,β-unsaturated/α-hetero) is 1. The Hall–Kier alpha value is -3.09. The van der Waals surface area contributed by atoms with E-state index in [1.807, 2.05) is 13.0 Å². The van der Waals surface area contributed by atoms with Gasteiger partial charge in [-0.05, 0) is 66.6 Å². The molecule has 4 rings (SSSR count). The van der Waals surface area contributed by atoms with Crippen LogP contribution in [-0.4, -0.2) is 21.9 Å². The summed E-state index contributed by atoms with van der Waals surface area (Å²) in [6.07, 6.45) is 0. The molecule has 1 heterocycles. The molecule has 1 aliphatic rings. The van der Waals surface area contributed by atoms with Gasteiger partial charge in [-0.15, -0.1) is 0 Å². The number of phenols is 1. The third kappa shape index (κ3) is 3.84. The Morgan fingerprint density at radius 1 is 1.03 bits per heavy atom. The number of aromatic hydroxyl groups is 1. The summed E-state index contributed by atoms with van der Waals surface area (Å²) < 4.78 is 0.777. The molecule has 2 N–H and O–H groups in total. The molecule has 0 saturated carbocycles. The normalized spacial score (nSPS) is 17.9. The summed E-state index contributed by atoms with van der Waals surface area (Å²) in [5.41, 5.74) is 2.25. The molecular weight excluding hydrogens is 482 g/mol. The molecule has 0 aliphatic carbocycles. The van der Waals surface area contributed by atoms with E-state index in [0.717, 1.165) is 10.0 Å². The van der Waals surface area contributed by atoms with Crippen molar-refractivity contribution in [2.75, 3.05) is 4.90 Å². The maximum atomic E-state index is 13.1. The van der Waals surface area contributed by atoms with Crippen LogP contribution in [0.15, 0.2) is 76.8 Å². The number of ketones is 1. The number of nitrogens with zero attached hydrogens (tertiary/aromatic N) is 1. The van der Waals surface area contributed by atoms with E-state index in [1.54, 1.807) is 48.5 Å². The number of rotatable bonds is 3. The Labute approximate surface area is 192 Å². The van der Waals surface area contributed by atoms with Gasteiger partial charge in [0.15, 0.2) is 0 Å². The molecule has 0 radical (unpaired) electrons. The third-order valence-electron chi connectivity index (χ3n) is 5.18. The van der Waals surface area contributed by atoms with Crippen LogP contribution in [0.2, 0.25) is 5.02 Å². The fourth-order valence-electron chi connectivity index (χ4n) is 3.60. The van der Waals surface area contributed by atoms with Gasteiger partial charge in [0.2, 0.25) is 0 Å². The Morgan fingerprint density at radius 3 is 2.39 bits per heavy atom. The van der Waals surface area contributed by atoms with Gasteiger partial charge in [0.1, 0.15) is 11.5 Å². The highest BCUT2D eigenvalue weighted by Gasteiger charge is 2.47. The van der Waals surface area contributed by atoms with E-state index in [-0.39, 0.29) is 17.1 Å². The number of aryl methyl sites for hydroxylation is 1. The van der Waals surface area contributed by atoms with Crippen molar-refractivity contribution >= 4 is 50.7 Å². The molecule has 1 aliphatic heterocycles. The molecule has 0 bridgehead atoms. The maximum absolute atomic E-state index is 13.1. The Kier molecular flexibility index (Phi) is 5.60. The molecule has 1 atom stereocenters. The number of carbonyl (C=O) groups is 2. The average Bonchev–Trinajstić information content (AvgIpc) is 3.01. The van der Waals surface area contributed by atoms with E-state index < -0.39 is 17.7 Å². The van der Waals surface area contributed by atoms with Crippen molar-refractivity contribution in [1.29, 1.82) is 0 Å². The van der Waals surface area contributed by atoms with Crippen molar-refractivity contribution in [3.8, 4) is 5.75 Å². The topological polar surface area (TPSA) is 77.8 Å². The van der Waals surface area contributed by atoms with Crippen LogP contribution in [0.5, 0.6) is 5.75 Å². The van der Waals surface area contributed by atoms with E-state index >= 15 is 0 Å². The third-order valence-corrected chi connectivity index (χ3v) is 6.29. The second-order valence-electron chi connectivity index (χ2n) is 7.20. The first-order valence-electron chi connectivity index (χ1n) is 9.40. The molecular formula is C24H17BrClNO4. The minimum absolute atomic E-state index is 0.0142. The number of aliphatic hydroxyl groups is 1. The zero-order valence-electron chi connectivity index (χ0n) is 16.3. The first kappa shape index (κ1) is 21.2. The van der Waals surface area contributed by atoms with Crippen molar-refractivity contribution in [2.24, 2.45) is 0 Å². The minimum Gasteiger partial charge on any atom is -0.508 e. The molecule has 0 spiro atoms. The number of phenolic OH excluding ortho intramolecular Hbond substituents is 1. The van der Waals surface area contributed by atoms with Gasteiger partial charge in [0.05, 0.1) is 11.6 Å². The van der Waals surface area contributed by atoms with Gasteiger partial charge in [-0.2, -0.15) is 0 Å². The number of carbonyl (C=O) groups excluding carboxylic acids is 2. The molecule has 31 heavy (non-hydrogen) atoms. The molecule has 5 nitrogen and oxygen atoms in total. The lowest BCUT2D eigenvalue weighted by atomic mass is 9.95. The standard InChI is InChI=1S/C24H17BrClNO4/c1-13-5-10-17(12-19(13)25)27-21(15-3-2-4-18(28)11-15)20(23(30)24(27)31)22(29)14-6-8-16(26)9-7-14/h2-12,21,28-29H,1H3. The Bertz CT molecular complexity index is 1240. The molecule has 3 aromatic carbocycles. The first-order valence-corrected chi connectivity index (χ1v) is 10.6. The highest BCUT2D eigenvalue weighted by molar-refractivity contribution is 9.10. The van der Waals surface area contributed by atoms with E-state index in [4.69, 9.17) is 11.6 Å². The van der Waals surface area contributed by atoms with E-state index in [9.17, 15) is 19.8 Å². The molecule has 1 amide bonds. The lowest BCUT2D eigenvalue weighted by Gasteiger charge is -2.26. The predicted molar refractivity (Wildman–Crippen MR) is 123 cm³/mol. The summed E-state index contributed by atoms with van der Waals surface area (Å²) in [5.74, 6) is -1.89. The van der Waals surface area contributed by atoms with E-state index in [1.165, 1.54) is 17.0 Å². The molecule has 7 heteroatoms. The van der Waals surface area contributed by atoms with Crippen LogP contribution in [0, 0.1) is 6.92 Å². The number of anilines is 1. The summed E-state index contributed by atoms with van der Waals surface area (Å²) in [6, 6.07) is 17.0. The second kappa shape index (κ2) is 8.21. The lowest BCUT2D eigenvalue weighted by Crippen LogP contribution is -2.29. The van der Waals surface area contributed by atoms with Gasteiger partial charge in [0.25, 0.3) is 11.7 Å². The first-order chi connectivity index (χ1) is 14.8. The summed E-state index contributed by atoms with van der Waals surface area (Å²) in [7, 11) is 0. The van der Waals surface area contributed by atoms with Crippen molar-refractivity contribution in [1.82, 2.24) is 0 Å². The van der Waals surface area contributed by atoms with Crippen molar-refractivity contribution in [2.45, 2.75) is 13.0 Å². The zero-order valence-corrected chi connectivity index (χ0v) is 18.7. The van der Waals surface area contributed by atoms with Crippen molar-refractivity contribution < 1.29 is 19.8 Å². The van der Waals surface area contributed by atoms with Gasteiger partial charge >= 0.3 is 0 Å². The maximum Gasteiger partial charge on any atom is 0.300 e. The molecule has 156 valence electrons. The highest BCUT2D eigenvalue weighted by Crippen LogP contribution is 2.43. The van der Waals surface area contributed by atoms with Crippen molar-refractivity contribution in [3.63, 3.8) is 0 Å². The Morgan fingerprint density at radius 2 is 1.74 bits per heavy atom. The molecule has 3 aromatic rings. The molecule has 1 fully saturated rings. The van der Waals surface area contributed by atoms with Crippen LogP contribution in [0.4, 0.5) is 5.69 Å². The van der Waals surface area contributed by atoms with Gasteiger partial charge in [-0.25, -0.2) is 0 Å². The quantitative estimate of drug-likeness (QED) is 0.274. The lowest BCUT2D eigenvalue weighted by molar-refractivity contribution is -0.132. The fraction of sp³-hybridized carbons (Fsp3) is 0.0833. The smallest absolute Gasteiger partial charge is 0.300 e. The van der Waals surface area contributed by atoms with Crippen LogP contribution >= 0.6 is 27.5 Å². The van der Waals surface area contributed by atoms with Crippen molar-refractivity contribution in [3.05, 3.63) is 98.5 Å². The van der Waals surface area contributed by atoms with Crippen LogP contribution in [0.1, 0.15) is 22.7 Å². The van der Waals surface area contributed by atoms with Gasteiger partial charge in [0, 0.05) is 20.7 Å². The molecule has 1 unspecified atom stereocenters. The summed E-state index contributed by atoms with van der Waals surface area (Å²) in [6.45, 7) is 1.91. The summed E-state index contributed by atoms with van der Waals surface area (Å²) >= 11 is 9.41. The van der Waals surface area contributed by atoms with Gasteiger partial charge < -0.3 is 10.2 Å².